The highest BCUT2D eigenvalue weighted by molar-refractivity contribution is 5.96. The van der Waals surface area contributed by atoms with Crippen LogP contribution in [0.4, 0.5) is 5.69 Å². The number of nitrogens with one attached hydrogen (secondary N) is 1. The van der Waals surface area contributed by atoms with Gasteiger partial charge in [0.1, 0.15) is 24.6 Å². The van der Waals surface area contributed by atoms with Gasteiger partial charge in [-0.3, -0.25) is 0 Å². The Morgan fingerprint density at radius 1 is 1.24 bits per heavy atom. The molecule has 1 aromatic carbocycles. The van der Waals surface area contributed by atoms with E-state index in [4.69, 9.17) is 4.74 Å². The first-order valence-corrected chi connectivity index (χ1v) is 7.53. The molecule has 1 aromatic heterocycles. The number of H-pyrrole nitrogens is 1. The number of nitrogens with zero attached hydrogens (tertiary/aromatic N) is 1. The molecule has 0 atom stereocenters. The van der Waals surface area contributed by atoms with Gasteiger partial charge in [-0.2, -0.15) is 0 Å². The molecule has 0 aliphatic carbocycles. The van der Waals surface area contributed by atoms with Crippen molar-refractivity contribution in [2.45, 2.75) is 13.8 Å². The first kappa shape index (κ1) is 15.8. The molecule has 21 heavy (non-hydrogen) atoms. The molecule has 0 saturated carbocycles. The maximum absolute atomic E-state index is 5.95. The Balaban J connectivity index is 1.97. The number of aromatic amines is 1. The van der Waals surface area contributed by atoms with Crippen molar-refractivity contribution in [3.8, 4) is 5.75 Å². The van der Waals surface area contributed by atoms with E-state index in [-0.39, 0.29) is 0 Å². The number of quaternary nitrogens is 2. The Labute approximate surface area is 126 Å². The monoisotopic (exact) mass is 292 g/mol. The number of nitrogens with two attached hydrogens (primary N) is 1. The topological polar surface area (TPSA) is 72.5 Å². The summed E-state index contributed by atoms with van der Waals surface area (Å²) in [6.45, 7) is 8.10. The third-order valence-corrected chi connectivity index (χ3v) is 3.86. The zero-order valence-electron chi connectivity index (χ0n) is 13.6. The molecule has 0 bridgehead atoms. The molecule has 116 valence electrons. The molecule has 0 saturated heterocycles. The van der Waals surface area contributed by atoms with Crippen LogP contribution in [0.5, 0.6) is 5.75 Å². The normalized spacial score (nSPS) is 11.5. The number of benzene rings is 1. The van der Waals surface area contributed by atoms with Crippen molar-refractivity contribution in [2.75, 3.05) is 40.3 Å². The van der Waals surface area contributed by atoms with Crippen molar-refractivity contribution in [2.24, 2.45) is 0 Å². The minimum absolute atomic E-state index is 0.718. The lowest BCUT2D eigenvalue weighted by atomic mass is 10.1. The number of aryl methyl sites for hydroxylation is 2. The van der Waals surface area contributed by atoms with Crippen LogP contribution in [0.15, 0.2) is 12.1 Å². The van der Waals surface area contributed by atoms with Crippen LogP contribution in [0, 0.1) is 13.8 Å². The summed E-state index contributed by atoms with van der Waals surface area (Å²) in [5.41, 5.74) is 8.69. The Bertz CT molecular complexity index is 604. The minimum Gasteiger partial charge on any atom is -0.486 e. The molecule has 5 nitrogen and oxygen atoms in total. The molecule has 0 aliphatic heterocycles. The molecular weight excluding hydrogens is 264 g/mol. The van der Waals surface area contributed by atoms with Gasteiger partial charge in [-0.05, 0) is 39.6 Å². The average molecular weight is 292 g/mol. The number of hydrogen-bond acceptors (Lipinski definition) is 2. The SMILES string of the molecule is Cc1[nH]c2c(OCC[NH2+]CCN(C)C)ccc([NH3+])c2c1C. The summed E-state index contributed by atoms with van der Waals surface area (Å²) in [5, 5.41) is 3.49. The lowest BCUT2D eigenvalue weighted by Gasteiger charge is -2.09. The van der Waals surface area contributed by atoms with Gasteiger partial charge in [0, 0.05) is 18.3 Å². The summed E-state index contributed by atoms with van der Waals surface area (Å²) in [5.74, 6) is 0.926. The third-order valence-electron chi connectivity index (χ3n) is 3.86. The van der Waals surface area contributed by atoms with Crippen molar-refractivity contribution in [3.05, 3.63) is 23.4 Å². The van der Waals surface area contributed by atoms with Gasteiger partial charge in [0.05, 0.1) is 17.4 Å². The molecular formula is C16H28N4O+2. The van der Waals surface area contributed by atoms with Gasteiger partial charge in [0.25, 0.3) is 0 Å². The molecule has 0 spiro atoms. The number of ether oxygens (including phenoxy) is 1. The predicted octanol–water partition coefficient (Wildman–Crippen LogP) is 0.162. The second-order valence-corrected chi connectivity index (χ2v) is 5.87. The van der Waals surface area contributed by atoms with Gasteiger partial charge < -0.3 is 25.7 Å². The van der Waals surface area contributed by atoms with Crippen molar-refractivity contribution in [3.63, 3.8) is 0 Å². The van der Waals surface area contributed by atoms with E-state index in [2.05, 4.69) is 48.9 Å². The van der Waals surface area contributed by atoms with Crippen molar-refractivity contribution < 1.29 is 15.8 Å². The average Bonchev–Trinajstić information content (AvgIpc) is 2.73. The Kier molecular flexibility index (Phi) is 5.22. The fraction of sp³-hybridized carbons (Fsp3) is 0.500. The van der Waals surface area contributed by atoms with Crippen LogP contribution >= 0.6 is 0 Å². The van der Waals surface area contributed by atoms with Crippen LogP contribution < -0.4 is 15.8 Å². The molecule has 6 N–H and O–H groups in total. The summed E-state index contributed by atoms with van der Waals surface area (Å²) < 4.78 is 5.95. The van der Waals surface area contributed by atoms with Gasteiger partial charge in [-0.15, -0.1) is 0 Å². The van der Waals surface area contributed by atoms with E-state index in [9.17, 15) is 0 Å². The van der Waals surface area contributed by atoms with E-state index in [1.54, 1.807) is 0 Å². The quantitative estimate of drug-likeness (QED) is 0.636. The zero-order valence-corrected chi connectivity index (χ0v) is 13.6. The molecule has 0 radical (unpaired) electrons. The molecule has 1 heterocycles. The molecule has 5 heteroatoms. The Morgan fingerprint density at radius 3 is 2.71 bits per heavy atom. The fourth-order valence-corrected chi connectivity index (χ4v) is 2.51. The summed E-state index contributed by atoms with van der Waals surface area (Å²) in [6, 6.07) is 4.05. The van der Waals surface area contributed by atoms with Gasteiger partial charge in [0.15, 0.2) is 0 Å². The first-order valence-electron chi connectivity index (χ1n) is 7.53. The molecule has 0 amide bonds. The summed E-state index contributed by atoms with van der Waals surface area (Å²) >= 11 is 0. The second kappa shape index (κ2) is 6.93. The highest BCUT2D eigenvalue weighted by Gasteiger charge is 2.14. The smallest absolute Gasteiger partial charge is 0.144 e. The second-order valence-electron chi connectivity index (χ2n) is 5.87. The van der Waals surface area contributed by atoms with Crippen LogP contribution in [0.1, 0.15) is 11.3 Å². The molecule has 0 aliphatic rings. The number of likely N-dealkylation sites (N-methyl/N-ethyl adjacent to an activating group) is 1. The number of fused-ring (bicyclic) bond motifs is 1. The van der Waals surface area contributed by atoms with Gasteiger partial charge in [-0.1, -0.05) is 0 Å². The fourth-order valence-electron chi connectivity index (χ4n) is 2.51. The molecule has 0 unspecified atom stereocenters. The number of hydrogen-bond donors (Lipinski definition) is 3. The first-order chi connectivity index (χ1) is 10.0. The summed E-state index contributed by atoms with van der Waals surface area (Å²) in [4.78, 5) is 5.61. The van der Waals surface area contributed by atoms with E-state index in [0.717, 1.165) is 43.2 Å². The molecule has 2 aromatic rings. The van der Waals surface area contributed by atoms with Crippen LogP contribution in [0.2, 0.25) is 0 Å². The molecule has 2 rings (SSSR count). The van der Waals surface area contributed by atoms with Crippen LogP contribution in [0.25, 0.3) is 10.9 Å². The lowest BCUT2D eigenvalue weighted by Crippen LogP contribution is -2.86. The highest BCUT2D eigenvalue weighted by atomic mass is 16.5. The van der Waals surface area contributed by atoms with E-state index >= 15 is 0 Å². The maximum atomic E-state index is 5.95. The van der Waals surface area contributed by atoms with Gasteiger partial charge in [-0.25, -0.2) is 0 Å². The summed E-state index contributed by atoms with van der Waals surface area (Å²) in [7, 11) is 4.19. The van der Waals surface area contributed by atoms with E-state index in [0.29, 0.717) is 0 Å². The van der Waals surface area contributed by atoms with Crippen LogP contribution in [0.3, 0.4) is 0 Å². The van der Waals surface area contributed by atoms with Crippen LogP contribution in [-0.2, 0) is 0 Å². The third kappa shape index (κ3) is 3.75. The lowest BCUT2D eigenvalue weighted by molar-refractivity contribution is -0.654. The van der Waals surface area contributed by atoms with Crippen LogP contribution in [-0.4, -0.2) is 50.2 Å². The van der Waals surface area contributed by atoms with E-state index < -0.39 is 0 Å². The van der Waals surface area contributed by atoms with Crippen molar-refractivity contribution in [1.29, 1.82) is 0 Å². The van der Waals surface area contributed by atoms with E-state index in [1.165, 1.54) is 16.6 Å². The molecule has 0 fully saturated rings. The van der Waals surface area contributed by atoms with Crippen molar-refractivity contribution in [1.82, 2.24) is 9.88 Å². The number of aromatic nitrogens is 1. The minimum atomic E-state index is 0.718. The predicted molar refractivity (Wildman–Crippen MR) is 86.0 cm³/mol. The highest BCUT2D eigenvalue weighted by Crippen LogP contribution is 2.32. The Morgan fingerprint density at radius 2 is 2.00 bits per heavy atom. The van der Waals surface area contributed by atoms with Gasteiger partial charge >= 0.3 is 0 Å². The zero-order chi connectivity index (χ0) is 15.4. The van der Waals surface area contributed by atoms with E-state index in [1.807, 2.05) is 12.1 Å². The van der Waals surface area contributed by atoms with Gasteiger partial charge in [0.2, 0.25) is 0 Å². The largest absolute Gasteiger partial charge is 0.486 e. The Hall–Kier alpha value is -1.56. The standard InChI is InChI=1S/C16H26N4O/c1-11-12(2)19-16-14(6-5-13(17)15(11)16)21-10-8-18-7-9-20(3)4/h5-6,18-19H,7-10,17H2,1-4H3/p+2. The maximum Gasteiger partial charge on any atom is 0.144 e. The summed E-state index contributed by atoms with van der Waals surface area (Å²) in [6.07, 6.45) is 0. The van der Waals surface area contributed by atoms with Crippen molar-refractivity contribution >= 4 is 16.6 Å². The number of rotatable bonds is 7.